The average Bonchev–Trinajstić information content (AvgIpc) is 2.98. The average molecular weight is 711 g/mol. The van der Waals surface area contributed by atoms with Crippen LogP contribution in [0.3, 0.4) is 0 Å². The van der Waals surface area contributed by atoms with Crippen molar-refractivity contribution in [3.63, 3.8) is 0 Å². The van der Waals surface area contributed by atoms with E-state index in [1.807, 2.05) is 0 Å². The highest BCUT2D eigenvalue weighted by molar-refractivity contribution is 7.87. The van der Waals surface area contributed by atoms with E-state index in [1.54, 1.807) is 0 Å². The zero-order valence-electron chi connectivity index (χ0n) is 34.0. The smallest absolute Gasteiger partial charge is 0.0546 e. The Kier molecular flexibility index (Phi) is 7.66. The minimum Gasteiger partial charge on any atom is -0.259 e. The van der Waals surface area contributed by atoms with Crippen LogP contribution in [0.5, 0.6) is 0 Å². The van der Waals surface area contributed by atoms with Crippen molar-refractivity contribution >= 4 is 10.8 Å². The molecule has 0 aliphatic heterocycles. The van der Waals surface area contributed by atoms with Gasteiger partial charge in [-0.3, -0.25) is 4.21 Å². The predicted molar refractivity (Wildman–Crippen MR) is 221 cm³/mol. The molecule has 0 N–H and O–H groups in total. The van der Waals surface area contributed by atoms with Gasteiger partial charge < -0.3 is 0 Å². The Morgan fingerprint density at radius 3 is 0.692 bits per heavy atom. The van der Waals surface area contributed by atoms with Gasteiger partial charge in [0, 0.05) is 32.5 Å². The molecule has 274 valence electrons. The molecule has 6 aliphatic carbocycles. The van der Waals surface area contributed by atoms with E-state index in [0.29, 0.717) is 0 Å². The number of hydrogen-bond acceptors (Lipinski definition) is 1. The third-order valence-corrected chi connectivity index (χ3v) is 17.0. The molecule has 0 unspecified atom stereocenters. The van der Waals surface area contributed by atoms with Gasteiger partial charge in [-0.1, -0.05) is 180 Å². The van der Waals surface area contributed by atoms with Gasteiger partial charge in [0.15, 0.2) is 0 Å². The summed E-state index contributed by atoms with van der Waals surface area (Å²) >= 11 is 0. The van der Waals surface area contributed by atoms with Crippen molar-refractivity contribution in [3.8, 4) is 0 Å². The summed E-state index contributed by atoms with van der Waals surface area (Å²) in [6.45, 7) is 27.5. The lowest BCUT2D eigenvalue weighted by molar-refractivity contribution is -0.0788. The summed E-state index contributed by atoms with van der Waals surface area (Å²) in [7, 11) is -1.05. The SMILES string of the molecule is CC(C)(C)c1ccc(C23CC(c4ccc(C(C)(C)C)cc4)(C2)C3S(=O)C2C3(c4ccc(C(C)(C)C)cc4)CC2(c2ccc(C(C)(C)C)cc2)C3)cc1. The molecule has 6 saturated carbocycles. The molecule has 6 fully saturated rings. The zero-order valence-corrected chi connectivity index (χ0v) is 34.9. The van der Waals surface area contributed by atoms with Crippen molar-refractivity contribution in [1.29, 1.82) is 0 Å². The largest absolute Gasteiger partial charge is 0.259 e. The van der Waals surface area contributed by atoms with E-state index < -0.39 is 10.8 Å². The fourth-order valence-corrected chi connectivity index (χ4v) is 14.3. The van der Waals surface area contributed by atoms with Crippen LogP contribution < -0.4 is 0 Å². The maximum absolute atomic E-state index is 16.0. The van der Waals surface area contributed by atoms with Crippen LogP contribution >= 0.6 is 0 Å². The van der Waals surface area contributed by atoms with Gasteiger partial charge in [-0.2, -0.15) is 0 Å². The summed E-state index contributed by atoms with van der Waals surface area (Å²) in [5.41, 5.74) is 11.3. The highest BCUT2D eigenvalue weighted by atomic mass is 32.2. The van der Waals surface area contributed by atoms with Gasteiger partial charge in [0.05, 0.1) is 10.5 Å². The summed E-state index contributed by atoms with van der Waals surface area (Å²) in [6.07, 6.45) is 4.36. The Morgan fingerprint density at radius 1 is 0.365 bits per heavy atom. The van der Waals surface area contributed by atoms with Crippen LogP contribution in [0.1, 0.15) is 153 Å². The van der Waals surface area contributed by atoms with E-state index >= 15 is 4.21 Å². The fraction of sp³-hybridized carbons (Fsp3) is 0.520. The molecule has 4 bridgehead atoms. The van der Waals surface area contributed by atoms with Crippen LogP contribution in [-0.4, -0.2) is 14.7 Å². The third-order valence-electron chi connectivity index (χ3n) is 14.3. The van der Waals surface area contributed by atoms with Crippen molar-refractivity contribution < 1.29 is 4.21 Å². The van der Waals surface area contributed by atoms with Crippen LogP contribution in [0.2, 0.25) is 0 Å². The summed E-state index contributed by atoms with van der Waals surface area (Å²) in [6, 6.07) is 37.9. The Balaban J connectivity index is 1.22. The number of benzene rings is 4. The van der Waals surface area contributed by atoms with Gasteiger partial charge in [0.1, 0.15) is 0 Å². The van der Waals surface area contributed by atoms with E-state index in [0.717, 1.165) is 25.7 Å². The molecule has 0 saturated heterocycles. The predicted octanol–water partition coefficient (Wildman–Crippen LogP) is 12.0. The second-order valence-corrected chi connectivity index (χ2v) is 23.3. The Morgan fingerprint density at radius 2 is 0.538 bits per heavy atom. The quantitative estimate of drug-likeness (QED) is 0.195. The third kappa shape index (κ3) is 5.01. The monoisotopic (exact) mass is 710 g/mol. The normalized spacial score (nSPS) is 31.5. The van der Waals surface area contributed by atoms with Crippen molar-refractivity contribution in [2.24, 2.45) is 0 Å². The van der Waals surface area contributed by atoms with Crippen LogP contribution in [0.25, 0.3) is 0 Å². The van der Waals surface area contributed by atoms with Gasteiger partial charge >= 0.3 is 0 Å². The summed E-state index contributed by atoms with van der Waals surface area (Å²) < 4.78 is 16.0. The molecule has 0 radical (unpaired) electrons. The highest BCUT2D eigenvalue weighted by Gasteiger charge is 2.84. The second kappa shape index (κ2) is 11.1. The van der Waals surface area contributed by atoms with E-state index in [4.69, 9.17) is 0 Å². The summed E-state index contributed by atoms with van der Waals surface area (Å²) in [5, 5.41) is 0.209. The van der Waals surface area contributed by atoms with Crippen molar-refractivity contribution in [3.05, 3.63) is 142 Å². The molecule has 0 aromatic heterocycles. The first-order chi connectivity index (χ1) is 24.1. The van der Waals surface area contributed by atoms with Gasteiger partial charge in [0.25, 0.3) is 0 Å². The molecule has 0 spiro atoms. The number of hydrogen-bond donors (Lipinski definition) is 0. The first kappa shape index (κ1) is 36.0. The highest BCUT2D eigenvalue weighted by Crippen LogP contribution is 2.81. The van der Waals surface area contributed by atoms with E-state index in [1.165, 1.54) is 44.5 Å². The Labute approximate surface area is 317 Å². The standard InChI is InChI=1S/C50H62OS/c1-43(2,3)33-13-21-37(22-14-33)47-29-48(30-47,38-23-15-34(16-24-38)44(4,5)6)41(47)52(51)42-49(39-25-17-35(18-26-39)45(7,8)9)31-50(42,32-49)40-27-19-36(20-28-40)46(10,11)12/h13-28,41-42H,29-32H2,1-12H3. The lowest BCUT2D eigenvalue weighted by Crippen LogP contribution is -2.87. The van der Waals surface area contributed by atoms with Crippen LogP contribution in [-0.2, 0) is 54.1 Å². The first-order valence-corrected chi connectivity index (χ1v) is 21.2. The summed E-state index contributed by atoms with van der Waals surface area (Å²) in [4.78, 5) is 0. The lowest BCUT2D eigenvalue weighted by Gasteiger charge is -2.81. The number of rotatable bonds is 6. The Bertz CT molecular complexity index is 1720. The molecule has 0 atom stereocenters. The van der Waals surface area contributed by atoms with Crippen LogP contribution in [0.15, 0.2) is 97.1 Å². The van der Waals surface area contributed by atoms with Crippen molar-refractivity contribution in [2.45, 2.75) is 163 Å². The molecule has 1 nitrogen and oxygen atoms in total. The van der Waals surface area contributed by atoms with Gasteiger partial charge in [-0.05, 0) is 91.9 Å². The van der Waals surface area contributed by atoms with E-state index in [-0.39, 0.29) is 53.8 Å². The molecule has 4 aromatic carbocycles. The van der Waals surface area contributed by atoms with Crippen molar-refractivity contribution in [1.82, 2.24) is 0 Å². The van der Waals surface area contributed by atoms with Crippen LogP contribution in [0.4, 0.5) is 0 Å². The van der Waals surface area contributed by atoms with Crippen molar-refractivity contribution in [2.75, 3.05) is 0 Å². The van der Waals surface area contributed by atoms with Gasteiger partial charge in [-0.25, -0.2) is 0 Å². The summed E-state index contributed by atoms with van der Waals surface area (Å²) in [5.74, 6) is 0. The van der Waals surface area contributed by atoms with Gasteiger partial charge in [0.2, 0.25) is 0 Å². The maximum Gasteiger partial charge on any atom is 0.0546 e. The molecule has 6 aliphatic rings. The molecular formula is C50H62OS. The Hall–Kier alpha value is -2.97. The van der Waals surface area contributed by atoms with Crippen LogP contribution in [0, 0.1) is 0 Å². The molecule has 52 heavy (non-hydrogen) atoms. The van der Waals surface area contributed by atoms with E-state index in [9.17, 15) is 0 Å². The minimum atomic E-state index is -1.05. The maximum atomic E-state index is 16.0. The molecular weight excluding hydrogens is 649 g/mol. The molecule has 2 heteroatoms. The topological polar surface area (TPSA) is 17.1 Å². The second-order valence-electron chi connectivity index (χ2n) is 21.7. The minimum absolute atomic E-state index is 0.0411. The zero-order chi connectivity index (χ0) is 37.5. The van der Waals surface area contributed by atoms with E-state index in [2.05, 4.69) is 180 Å². The van der Waals surface area contributed by atoms with Gasteiger partial charge in [-0.15, -0.1) is 0 Å². The molecule has 0 heterocycles. The fourth-order valence-electron chi connectivity index (χ4n) is 11.1. The molecule has 0 amide bonds. The molecule has 10 rings (SSSR count). The first-order valence-electron chi connectivity index (χ1n) is 19.9. The molecule has 4 aromatic rings. The lowest BCUT2D eigenvalue weighted by atomic mass is 9.31.